The molecule has 1 unspecified atom stereocenters. The average molecular weight is 223 g/mol. The van der Waals surface area contributed by atoms with Gasteiger partial charge in [-0.3, -0.25) is 9.48 Å². The molecule has 0 radical (unpaired) electrons. The Hall–Kier alpha value is -1.23. The number of aromatic nitrogens is 3. The van der Waals surface area contributed by atoms with E-state index in [0.717, 1.165) is 18.8 Å². The van der Waals surface area contributed by atoms with E-state index in [1.165, 1.54) is 0 Å². The molecular weight excluding hydrogens is 206 g/mol. The van der Waals surface area contributed by atoms with Crippen LogP contribution in [0.4, 0.5) is 0 Å². The highest BCUT2D eigenvalue weighted by atomic mass is 16.5. The summed E-state index contributed by atoms with van der Waals surface area (Å²) in [5, 5.41) is 4.15. The molecule has 0 amide bonds. The Morgan fingerprint density at radius 2 is 2.50 bits per heavy atom. The number of aryl methyl sites for hydroxylation is 1. The number of nitrogens with zero attached hydrogens (tertiary/aromatic N) is 3. The maximum Gasteiger partial charge on any atom is 0.141 e. The van der Waals surface area contributed by atoms with Gasteiger partial charge in [-0.1, -0.05) is 6.92 Å². The van der Waals surface area contributed by atoms with Crippen LogP contribution < -0.4 is 0 Å². The van der Waals surface area contributed by atoms with Gasteiger partial charge in [0.05, 0.1) is 13.2 Å². The summed E-state index contributed by atoms with van der Waals surface area (Å²) in [6, 6.07) is 0. The summed E-state index contributed by atoms with van der Waals surface area (Å²) >= 11 is 0. The summed E-state index contributed by atoms with van der Waals surface area (Å²) in [4.78, 5) is 15.9. The summed E-state index contributed by atoms with van der Waals surface area (Å²) in [5.41, 5.74) is 0. The molecule has 0 aromatic carbocycles. The molecule has 1 aliphatic rings. The first-order valence-corrected chi connectivity index (χ1v) is 5.78. The molecule has 1 saturated heterocycles. The highest BCUT2D eigenvalue weighted by molar-refractivity contribution is 5.81. The number of ketones is 1. The Balaban J connectivity index is 2.01. The van der Waals surface area contributed by atoms with Crippen LogP contribution in [0.15, 0.2) is 6.33 Å². The number of rotatable bonds is 4. The van der Waals surface area contributed by atoms with Crippen LogP contribution in [0, 0.1) is 5.92 Å². The quantitative estimate of drug-likeness (QED) is 0.759. The second-order valence-electron chi connectivity index (χ2n) is 4.09. The summed E-state index contributed by atoms with van der Waals surface area (Å²) in [6.45, 7) is 4.05. The molecule has 1 atom stereocenters. The molecule has 1 aliphatic heterocycles. The van der Waals surface area contributed by atoms with E-state index >= 15 is 0 Å². The van der Waals surface area contributed by atoms with Crippen LogP contribution in [0.3, 0.4) is 0 Å². The van der Waals surface area contributed by atoms with Gasteiger partial charge in [0.1, 0.15) is 17.9 Å². The Labute approximate surface area is 94.8 Å². The number of hydrogen-bond donors (Lipinski definition) is 0. The van der Waals surface area contributed by atoms with E-state index in [2.05, 4.69) is 17.0 Å². The van der Waals surface area contributed by atoms with Crippen molar-refractivity contribution < 1.29 is 9.53 Å². The molecule has 5 nitrogen and oxygen atoms in total. The van der Waals surface area contributed by atoms with E-state index in [-0.39, 0.29) is 11.7 Å². The highest BCUT2D eigenvalue weighted by Crippen LogP contribution is 2.14. The number of Topliss-reactive ketones (excluding diaryl/α,β-unsaturated/α-hetero) is 1. The van der Waals surface area contributed by atoms with Crippen LogP contribution in [-0.4, -0.2) is 33.8 Å². The van der Waals surface area contributed by atoms with Gasteiger partial charge in [0.15, 0.2) is 0 Å². The molecule has 1 aromatic rings. The molecule has 1 fully saturated rings. The van der Waals surface area contributed by atoms with Gasteiger partial charge in [0, 0.05) is 25.3 Å². The molecule has 5 heteroatoms. The Bertz CT molecular complexity index is 362. The lowest BCUT2D eigenvalue weighted by atomic mass is 9.97. The van der Waals surface area contributed by atoms with Crippen molar-refractivity contribution >= 4 is 5.78 Å². The van der Waals surface area contributed by atoms with Gasteiger partial charge in [-0.2, -0.15) is 5.10 Å². The van der Waals surface area contributed by atoms with E-state index in [0.29, 0.717) is 26.1 Å². The van der Waals surface area contributed by atoms with E-state index in [1.54, 1.807) is 6.33 Å². The Morgan fingerprint density at radius 1 is 1.62 bits per heavy atom. The molecule has 16 heavy (non-hydrogen) atoms. The highest BCUT2D eigenvalue weighted by Gasteiger charge is 2.24. The lowest BCUT2D eigenvalue weighted by Crippen LogP contribution is -2.30. The molecule has 2 rings (SSSR count). The molecular formula is C11H17N3O2. The minimum Gasteiger partial charge on any atom is -0.380 e. The molecule has 0 spiro atoms. The fourth-order valence-corrected chi connectivity index (χ4v) is 1.93. The predicted octanol–water partition coefficient (Wildman–Crippen LogP) is 0.836. The molecule has 2 heterocycles. The van der Waals surface area contributed by atoms with Crippen molar-refractivity contribution in [3.05, 3.63) is 12.2 Å². The zero-order chi connectivity index (χ0) is 11.4. The van der Waals surface area contributed by atoms with Crippen molar-refractivity contribution in [3.63, 3.8) is 0 Å². The van der Waals surface area contributed by atoms with Crippen LogP contribution in [-0.2, 0) is 22.5 Å². The van der Waals surface area contributed by atoms with Gasteiger partial charge >= 0.3 is 0 Å². The first-order valence-electron chi connectivity index (χ1n) is 5.78. The summed E-state index contributed by atoms with van der Waals surface area (Å²) in [6.07, 6.45) is 3.76. The normalized spacial score (nSPS) is 21.3. The van der Waals surface area contributed by atoms with Gasteiger partial charge in [0.2, 0.25) is 0 Å². The second-order valence-corrected chi connectivity index (χ2v) is 4.09. The number of hydrogen-bond acceptors (Lipinski definition) is 4. The van der Waals surface area contributed by atoms with Gasteiger partial charge in [-0.15, -0.1) is 0 Å². The topological polar surface area (TPSA) is 57.0 Å². The minimum atomic E-state index is -0.0337. The second kappa shape index (κ2) is 5.21. The number of carbonyl (C=O) groups excluding carboxylic acids is 1. The monoisotopic (exact) mass is 223 g/mol. The summed E-state index contributed by atoms with van der Waals surface area (Å²) < 4.78 is 7.20. The zero-order valence-electron chi connectivity index (χ0n) is 9.56. The number of carbonyl (C=O) groups is 1. The molecule has 1 aromatic heterocycles. The summed E-state index contributed by atoms with van der Waals surface area (Å²) in [5.74, 6) is 1.15. The van der Waals surface area contributed by atoms with Crippen LogP contribution in [0.25, 0.3) is 0 Å². The minimum absolute atomic E-state index is 0.0337. The van der Waals surface area contributed by atoms with E-state index < -0.39 is 0 Å². The van der Waals surface area contributed by atoms with Crippen molar-refractivity contribution in [1.29, 1.82) is 0 Å². The van der Waals surface area contributed by atoms with Crippen LogP contribution in [0.5, 0.6) is 0 Å². The van der Waals surface area contributed by atoms with Gasteiger partial charge in [0.25, 0.3) is 0 Å². The zero-order valence-corrected chi connectivity index (χ0v) is 9.56. The third kappa shape index (κ3) is 2.47. The summed E-state index contributed by atoms with van der Waals surface area (Å²) in [7, 11) is 0. The van der Waals surface area contributed by atoms with Crippen molar-refractivity contribution in [2.24, 2.45) is 5.92 Å². The smallest absolute Gasteiger partial charge is 0.141 e. The first kappa shape index (κ1) is 11.3. The fourth-order valence-electron chi connectivity index (χ4n) is 1.93. The van der Waals surface area contributed by atoms with Crippen molar-refractivity contribution in [1.82, 2.24) is 14.8 Å². The molecule has 88 valence electrons. The predicted molar refractivity (Wildman–Crippen MR) is 58.0 cm³/mol. The maximum absolute atomic E-state index is 11.7. The molecule has 0 saturated carbocycles. The van der Waals surface area contributed by atoms with Crippen LogP contribution >= 0.6 is 0 Å². The van der Waals surface area contributed by atoms with E-state index in [4.69, 9.17) is 4.74 Å². The lowest BCUT2D eigenvalue weighted by Gasteiger charge is -2.20. The SMILES string of the molecule is CCCn1ncnc1CC1COCCC1=O. The van der Waals surface area contributed by atoms with Crippen LogP contribution in [0.1, 0.15) is 25.6 Å². The Kier molecular flexibility index (Phi) is 3.66. The Morgan fingerprint density at radius 3 is 3.25 bits per heavy atom. The van der Waals surface area contributed by atoms with E-state index in [9.17, 15) is 4.79 Å². The average Bonchev–Trinajstić information content (AvgIpc) is 2.70. The van der Waals surface area contributed by atoms with Gasteiger partial charge in [-0.25, -0.2) is 4.98 Å². The van der Waals surface area contributed by atoms with Crippen molar-refractivity contribution in [2.75, 3.05) is 13.2 Å². The third-order valence-electron chi connectivity index (χ3n) is 2.83. The maximum atomic E-state index is 11.7. The van der Waals surface area contributed by atoms with Gasteiger partial charge < -0.3 is 4.74 Å². The van der Waals surface area contributed by atoms with Crippen molar-refractivity contribution in [3.8, 4) is 0 Å². The lowest BCUT2D eigenvalue weighted by molar-refractivity contribution is -0.130. The van der Waals surface area contributed by atoms with Crippen molar-refractivity contribution in [2.45, 2.75) is 32.7 Å². The molecule has 0 N–H and O–H groups in total. The fraction of sp³-hybridized carbons (Fsp3) is 0.727. The largest absolute Gasteiger partial charge is 0.380 e. The first-order chi connectivity index (χ1) is 7.81. The van der Waals surface area contributed by atoms with E-state index in [1.807, 2.05) is 4.68 Å². The molecule has 0 aliphatic carbocycles. The third-order valence-corrected chi connectivity index (χ3v) is 2.83. The standard InChI is InChI=1S/C11H17N3O2/c1-2-4-14-11(12-8-13-14)6-9-7-16-5-3-10(9)15/h8-9H,2-7H2,1H3. The van der Waals surface area contributed by atoms with Crippen LogP contribution in [0.2, 0.25) is 0 Å². The van der Waals surface area contributed by atoms with Gasteiger partial charge in [-0.05, 0) is 6.42 Å². The number of ether oxygens (including phenoxy) is 1. The molecule has 0 bridgehead atoms.